The highest BCUT2D eigenvalue weighted by atomic mass is 35.5. The number of carbonyl (C=O) groups excluding carboxylic acids is 3. The first-order chi connectivity index (χ1) is 23.4. The van der Waals surface area contributed by atoms with Gasteiger partial charge in [0.25, 0.3) is 5.91 Å². The molecule has 2 N–H and O–H groups in total. The van der Waals surface area contributed by atoms with Gasteiger partial charge in [-0.15, -0.1) is 0 Å². The first kappa shape index (κ1) is 33.9. The van der Waals surface area contributed by atoms with Gasteiger partial charge in [0, 0.05) is 50.9 Å². The van der Waals surface area contributed by atoms with E-state index in [2.05, 4.69) is 20.5 Å². The zero-order chi connectivity index (χ0) is 34.9. The number of hydrogen-bond acceptors (Lipinski definition) is 11. The normalized spacial score (nSPS) is 14.7. The van der Waals surface area contributed by atoms with Crippen LogP contribution in [0.4, 0.5) is 32.9 Å². The number of pyridine rings is 2. The van der Waals surface area contributed by atoms with Crippen LogP contribution in [-0.4, -0.2) is 83.2 Å². The maximum Gasteiger partial charge on any atom is 0.410 e. The topological polar surface area (TPSA) is 142 Å². The van der Waals surface area contributed by atoms with Crippen molar-refractivity contribution in [2.75, 3.05) is 60.3 Å². The molecule has 5 heterocycles. The summed E-state index contributed by atoms with van der Waals surface area (Å²) < 4.78 is 11.1. The number of methoxy groups -OCH3 is 1. The number of amides is 3. The van der Waals surface area contributed by atoms with Crippen LogP contribution < -0.4 is 25.2 Å². The molecule has 6 rings (SSSR count). The molecule has 2 fully saturated rings. The second-order valence-electron chi connectivity index (χ2n) is 12.6. The van der Waals surface area contributed by atoms with E-state index in [9.17, 15) is 14.4 Å². The third-order valence-corrected chi connectivity index (χ3v) is 9.23. The van der Waals surface area contributed by atoms with E-state index < -0.39 is 5.60 Å². The molecule has 0 unspecified atom stereocenters. The van der Waals surface area contributed by atoms with Crippen molar-refractivity contribution in [3.8, 4) is 17.0 Å². The predicted octanol–water partition coefficient (Wildman–Crippen LogP) is 6.36. The van der Waals surface area contributed by atoms with E-state index in [-0.39, 0.29) is 17.9 Å². The second kappa shape index (κ2) is 13.9. The fourth-order valence-corrected chi connectivity index (χ4v) is 6.37. The van der Waals surface area contributed by atoms with Gasteiger partial charge in [0.1, 0.15) is 10.5 Å². The molecular weight excluding hydrogens is 668 g/mol. The third-order valence-electron chi connectivity index (χ3n) is 8.01. The number of halogens is 1. The Bertz CT molecular complexity index is 1880. The lowest BCUT2D eigenvalue weighted by Crippen LogP contribution is -2.51. The van der Waals surface area contributed by atoms with Crippen molar-refractivity contribution in [2.45, 2.75) is 39.7 Å². The first-order valence-electron chi connectivity index (χ1n) is 15.8. The van der Waals surface area contributed by atoms with Crippen LogP contribution in [0, 0.1) is 6.92 Å². The van der Waals surface area contributed by atoms with E-state index in [1.165, 1.54) is 6.20 Å². The monoisotopic (exact) mass is 704 g/mol. The molecule has 15 heteroatoms. The van der Waals surface area contributed by atoms with Gasteiger partial charge in [-0.05, 0) is 57.5 Å². The van der Waals surface area contributed by atoms with E-state index in [4.69, 9.17) is 31.0 Å². The van der Waals surface area contributed by atoms with Crippen LogP contribution in [0.1, 0.15) is 42.4 Å². The number of β-lactam (4-membered cyclic amide) rings is 1. The maximum absolute atomic E-state index is 13.0. The second-order valence-corrected chi connectivity index (χ2v) is 14.0. The third kappa shape index (κ3) is 7.55. The quantitative estimate of drug-likeness (QED) is 0.199. The lowest BCUT2D eigenvalue weighted by atomic mass is 10.1. The molecule has 3 aromatic heterocycles. The van der Waals surface area contributed by atoms with Gasteiger partial charge < -0.3 is 34.8 Å². The van der Waals surface area contributed by atoms with Crippen molar-refractivity contribution >= 4 is 69.0 Å². The molecule has 2 aliphatic heterocycles. The zero-order valence-electron chi connectivity index (χ0n) is 27.9. The lowest BCUT2D eigenvalue weighted by Gasteiger charge is -2.39. The Morgan fingerprint density at radius 1 is 1.02 bits per heavy atom. The molecule has 0 spiro atoms. The molecule has 0 radical (unpaired) electrons. The minimum atomic E-state index is -0.571. The van der Waals surface area contributed by atoms with Gasteiger partial charge in [0.05, 0.1) is 35.4 Å². The number of piperazine rings is 1. The molecule has 3 amide bonds. The smallest absolute Gasteiger partial charge is 0.410 e. The molecule has 2 aliphatic rings. The predicted molar refractivity (Wildman–Crippen MR) is 191 cm³/mol. The van der Waals surface area contributed by atoms with E-state index in [1.807, 2.05) is 52.0 Å². The molecule has 49 heavy (non-hydrogen) atoms. The summed E-state index contributed by atoms with van der Waals surface area (Å²) in [5, 5.41) is 6.94. The Morgan fingerprint density at radius 2 is 1.80 bits per heavy atom. The number of aryl methyl sites for hydroxylation is 1. The average molecular weight is 705 g/mol. The molecule has 13 nitrogen and oxygen atoms in total. The summed E-state index contributed by atoms with van der Waals surface area (Å²) in [5.41, 5.74) is 2.81. The van der Waals surface area contributed by atoms with Crippen LogP contribution >= 0.6 is 22.9 Å². The molecule has 0 saturated carbocycles. The van der Waals surface area contributed by atoms with Crippen molar-refractivity contribution in [2.24, 2.45) is 0 Å². The number of benzene rings is 1. The Balaban J connectivity index is 1.21. The maximum atomic E-state index is 13.0. The number of hydrogen-bond donors (Lipinski definition) is 2. The van der Waals surface area contributed by atoms with Gasteiger partial charge >= 0.3 is 6.09 Å². The summed E-state index contributed by atoms with van der Waals surface area (Å²) in [6.45, 7) is 10.0. The summed E-state index contributed by atoms with van der Waals surface area (Å²) in [4.78, 5) is 58.1. The fourth-order valence-electron chi connectivity index (χ4n) is 5.39. The van der Waals surface area contributed by atoms with Crippen LogP contribution in [-0.2, 0) is 9.53 Å². The molecule has 256 valence electrons. The number of thiazole rings is 1. The van der Waals surface area contributed by atoms with Crippen LogP contribution in [0.25, 0.3) is 11.3 Å². The number of para-hydroxylation sites is 1. The Kier molecular flexibility index (Phi) is 9.61. The highest BCUT2D eigenvalue weighted by Crippen LogP contribution is 2.37. The average Bonchev–Trinajstić information content (AvgIpc) is 3.53. The van der Waals surface area contributed by atoms with Gasteiger partial charge in [0.15, 0.2) is 22.5 Å². The molecule has 4 aromatic rings. The summed E-state index contributed by atoms with van der Waals surface area (Å²) in [6.07, 6.45) is 3.34. The SMILES string of the molecule is COc1ccc(-c2cnc(N3CCN(C(=O)OC(C)(C)C)CC3)c(N3CCC3=O)c2)nc1Nc1ncc(C(=O)Nc2c(C)cccc2Cl)s1. The minimum Gasteiger partial charge on any atom is -0.493 e. The standard InChI is InChI=1S/C34H37ClN8O5S/c1-20-7-6-8-22(35)28(20)39-31(45)26-19-37-32(49-26)40-29-25(47-5)10-9-23(38-29)21-17-24(43-12-11-27(43)44)30(36-18-21)41-13-15-42(16-14-41)33(46)48-34(2,3)4/h6-10,17-19H,11-16H2,1-5H3,(H,39,45)(H,37,38,40). The van der Waals surface area contributed by atoms with Gasteiger partial charge in [0.2, 0.25) is 5.91 Å². The highest BCUT2D eigenvalue weighted by molar-refractivity contribution is 7.17. The number of anilines is 5. The van der Waals surface area contributed by atoms with Gasteiger partial charge in [-0.2, -0.15) is 0 Å². The molecule has 0 atom stereocenters. The number of nitrogens with one attached hydrogen (secondary N) is 2. The molecular formula is C34H37ClN8O5S. The van der Waals surface area contributed by atoms with Crippen molar-refractivity contribution in [3.05, 3.63) is 64.3 Å². The summed E-state index contributed by atoms with van der Waals surface area (Å²) in [6, 6.07) is 10.9. The Hall–Kier alpha value is -4.95. The van der Waals surface area contributed by atoms with E-state index >= 15 is 0 Å². The molecule has 2 saturated heterocycles. The van der Waals surface area contributed by atoms with Crippen LogP contribution in [0.3, 0.4) is 0 Å². The van der Waals surface area contributed by atoms with Crippen LogP contribution in [0.2, 0.25) is 5.02 Å². The minimum absolute atomic E-state index is 0.0194. The summed E-state index contributed by atoms with van der Waals surface area (Å²) >= 11 is 7.45. The van der Waals surface area contributed by atoms with Crippen molar-refractivity contribution in [3.63, 3.8) is 0 Å². The summed E-state index contributed by atoms with van der Waals surface area (Å²) in [5.74, 6) is 1.23. The van der Waals surface area contributed by atoms with Crippen molar-refractivity contribution < 1.29 is 23.9 Å². The van der Waals surface area contributed by atoms with Crippen molar-refractivity contribution in [1.29, 1.82) is 0 Å². The first-order valence-corrected chi connectivity index (χ1v) is 17.0. The summed E-state index contributed by atoms with van der Waals surface area (Å²) in [7, 11) is 1.54. The molecule has 1 aromatic carbocycles. The number of carbonyl (C=O) groups is 3. The van der Waals surface area contributed by atoms with Gasteiger partial charge in [-0.25, -0.2) is 19.7 Å². The number of aromatic nitrogens is 3. The molecule has 0 aliphatic carbocycles. The van der Waals surface area contributed by atoms with Gasteiger partial charge in [-0.3, -0.25) is 9.59 Å². The van der Waals surface area contributed by atoms with E-state index in [1.54, 1.807) is 35.2 Å². The van der Waals surface area contributed by atoms with Gasteiger partial charge in [-0.1, -0.05) is 35.1 Å². The van der Waals surface area contributed by atoms with E-state index in [0.717, 1.165) is 16.9 Å². The molecule has 0 bridgehead atoms. The zero-order valence-corrected chi connectivity index (χ0v) is 29.4. The lowest BCUT2D eigenvalue weighted by molar-refractivity contribution is -0.122. The number of rotatable bonds is 8. The van der Waals surface area contributed by atoms with Crippen molar-refractivity contribution in [1.82, 2.24) is 19.9 Å². The fraction of sp³-hybridized carbons (Fsp3) is 0.353. The highest BCUT2D eigenvalue weighted by Gasteiger charge is 2.32. The van der Waals surface area contributed by atoms with Crippen LogP contribution in [0.15, 0.2) is 48.8 Å². The van der Waals surface area contributed by atoms with E-state index in [0.29, 0.717) is 94.2 Å². The number of nitrogens with zero attached hydrogens (tertiary/aromatic N) is 6. The number of ether oxygens (including phenoxy) is 2. The van der Waals surface area contributed by atoms with Crippen LogP contribution in [0.5, 0.6) is 5.75 Å². The largest absolute Gasteiger partial charge is 0.493 e. The Morgan fingerprint density at radius 3 is 2.45 bits per heavy atom. The Labute approximate surface area is 293 Å².